The minimum Gasteiger partial charge on any atom is -0.380 e. The molecule has 0 aromatic heterocycles. The largest absolute Gasteiger partial charge is 0.380 e. The van der Waals surface area contributed by atoms with E-state index in [2.05, 4.69) is 31.0 Å². The van der Waals surface area contributed by atoms with E-state index in [1.807, 2.05) is 0 Å². The monoisotopic (exact) mass is 214 g/mol. The number of methoxy groups -OCH3 is 1. The summed E-state index contributed by atoms with van der Waals surface area (Å²) in [5.41, 5.74) is 0. The molecule has 0 saturated carbocycles. The number of ether oxygens (including phenoxy) is 1. The first-order chi connectivity index (χ1) is 7.15. The van der Waals surface area contributed by atoms with Crippen LogP contribution in [0.5, 0.6) is 0 Å². The van der Waals surface area contributed by atoms with Crippen LogP contribution < -0.4 is 5.32 Å². The first kappa shape index (κ1) is 12.9. The molecule has 0 spiro atoms. The van der Waals surface area contributed by atoms with Crippen molar-refractivity contribution in [2.45, 2.75) is 51.8 Å². The lowest BCUT2D eigenvalue weighted by molar-refractivity contribution is 0.0874. The highest BCUT2D eigenvalue weighted by molar-refractivity contribution is 4.76. The number of rotatable bonds is 6. The van der Waals surface area contributed by atoms with Crippen molar-refractivity contribution in [2.24, 2.45) is 0 Å². The zero-order valence-corrected chi connectivity index (χ0v) is 10.6. The van der Waals surface area contributed by atoms with Crippen molar-refractivity contribution < 1.29 is 4.74 Å². The van der Waals surface area contributed by atoms with Crippen LogP contribution in [-0.4, -0.2) is 49.8 Å². The zero-order valence-electron chi connectivity index (χ0n) is 10.6. The van der Waals surface area contributed by atoms with Crippen molar-refractivity contribution in [3.05, 3.63) is 0 Å². The van der Waals surface area contributed by atoms with E-state index in [1.165, 1.54) is 25.9 Å². The third kappa shape index (κ3) is 4.09. The third-order valence-electron chi connectivity index (χ3n) is 3.63. The summed E-state index contributed by atoms with van der Waals surface area (Å²) in [4.78, 5) is 2.57. The van der Waals surface area contributed by atoms with Gasteiger partial charge >= 0.3 is 0 Å². The second-order valence-electron chi connectivity index (χ2n) is 4.71. The zero-order chi connectivity index (χ0) is 11.3. The Bertz CT molecular complexity index is 175. The van der Waals surface area contributed by atoms with E-state index in [0.29, 0.717) is 12.1 Å². The van der Waals surface area contributed by atoms with E-state index in [1.54, 1.807) is 7.11 Å². The summed E-state index contributed by atoms with van der Waals surface area (Å²) in [5.74, 6) is 0. The van der Waals surface area contributed by atoms with Gasteiger partial charge in [-0.1, -0.05) is 0 Å². The molecule has 1 aliphatic heterocycles. The highest BCUT2D eigenvalue weighted by Crippen LogP contribution is 2.14. The molecule has 1 N–H and O–H groups in total. The van der Waals surface area contributed by atoms with E-state index in [0.717, 1.165) is 12.6 Å². The van der Waals surface area contributed by atoms with E-state index in [9.17, 15) is 0 Å². The molecule has 0 bridgehead atoms. The molecule has 3 atom stereocenters. The van der Waals surface area contributed by atoms with E-state index in [4.69, 9.17) is 4.74 Å². The van der Waals surface area contributed by atoms with Gasteiger partial charge in [0.1, 0.15) is 0 Å². The molecular formula is C12H26N2O. The third-order valence-corrected chi connectivity index (χ3v) is 3.63. The molecule has 0 radical (unpaired) electrons. The topological polar surface area (TPSA) is 24.5 Å². The van der Waals surface area contributed by atoms with Gasteiger partial charge < -0.3 is 10.1 Å². The molecule has 90 valence electrons. The Morgan fingerprint density at radius 2 is 2.20 bits per heavy atom. The number of nitrogens with one attached hydrogen (secondary N) is 1. The predicted octanol–water partition coefficient (Wildman–Crippen LogP) is 1.48. The molecule has 0 aromatic rings. The lowest BCUT2D eigenvalue weighted by atomic mass is 10.2. The van der Waals surface area contributed by atoms with Crippen LogP contribution in [0.25, 0.3) is 0 Å². The molecule has 1 saturated heterocycles. The molecule has 0 aromatic carbocycles. The first-order valence-electron chi connectivity index (χ1n) is 6.15. The number of hydrogen-bond acceptors (Lipinski definition) is 3. The van der Waals surface area contributed by atoms with Gasteiger partial charge in [0, 0.05) is 32.3 Å². The van der Waals surface area contributed by atoms with Gasteiger partial charge in [-0.2, -0.15) is 0 Å². The van der Waals surface area contributed by atoms with Crippen molar-refractivity contribution in [3.63, 3.8) is 0 Å². The maximum Gasteiger partial charge on any atom is 0.0693 e. The average molecular weight is 214 g/mol. The Balaban J connectivity index is 2.10. The van der Waals surface area contributed by atoms with Crippen LogP contribution in [0.15, 0.2) is 0 Å². The molecule has 15 heavy (non-hydrogen) atoms. The molecule has 3 heteroatoms. The van der Waals surface area contributed by atoms with Gasteiger partial charge in [0.05, 0.1) is 6.10 Å². The molecule has 1 rings (SSSR count). The lowest BCUT2D eigenvalue weighted by Gasteiger charge is -2.24. The van der Waals surface area contributed by atoms with E-state index >= 15 is 0 Å². The lowest BCUT2D eigenvalue weighted by Crippen LogP contribution is -2.42. The quantitative estimate of drug-likeness (QED) is 0.725. The summed E-state index contributed by atoms with van der Waals surface area (Å²) in [7, 11) is 1.77. The smallest absolute Gasteiger partial charge is 0.0693 e. The van der Waals surface area contributed by atoms with Crippen molar-refractivity contribution in [3.8, 4) is 0 Å². The van der Waals surface area contributed by atoms with Crippen LogP contribution in [0, 0.1) is 0 Å². The Kier molecular flexibility index (Phi) is 5.58. The van der Waals surface area contributed by atoms with E-state index < -0.39 is 0 Å². The Labute approximate surface area is 94.2 Å². The van der Waals surface area contributed by atoms with Crippen LogP contribution in [-0.2, 0) is 4.74 Å². The molecule has 3 unspecified atom stereocenters. The van der Waals surface area contributed by atoms with Gasteiger partial charge in [-0.05, 0) is 40.2 Å². The normalized spacial score (nSPS) is 26.8. The van der Waals surface area contributed by atoms with Crippen LogP contribution in [0.3, 0.4) is 0 Å². The molecule has 1 heterocycles. The molecule has 3 nitrogen and oxygen atoms in total. The highest BCUT2D eigenvalue weighted by Gasteiger charge is 2.19. The van der Waals surface area contributed by atoms with Gasteiger partial charge in [0.25, 0.3) is 0 Å². The summed E-state index contributed by atoms with van der Waals surface area (Å²) in [6.45, 7) is 10.1. The van der Waals surface area contributed by atoms with Crippen molar-refractivity contribution >= 4 is 0 Å². The summed E-state index contributed by atoms with van der Waals surface area (Å²) in [6.07, 6.45) is 3.02. The van der Waals surface area contributed by atoms with E-state index in [-0.39, 0.29) is 0 Å². The molecule has 1 fully saturated rings. The van der Waals surface area contributed by atoms with Gasteiger partial charge in [-0.15, -0.1) is 0 Å². The minimum absolute atomic E-state index is 0.293. The van der Waals surface area contributed by atoms with Crippen LogP contribution in [0.2, 0.25) is 0 Å². The van der Waals surface area contributed by atoms with Crippen LogP contribution in [0.4, 0.5) is 0 Å². The summed E-state index contributed by atoms with van der Waals surface area (Å²) in [6, 6.07) is 1.22. The Hall–Kier alpha value is -0.120. The molecule has 0 amide bonds. The summed E-state index contributed by atoms with van der Waals surface area (Å²) in [5, 5.41) is 3.51. The van der Waals surface area contributed by atoms with Gasteiger partial charge in [-0.25, -0.2) is 0 Å². The van der Waals surface area contributed by atoms with Gasteiger partial charge in [-0.3, -0.25) is 4.90 Å². The van der Waals surface area contributed by atoms with Crippen molar-refractivity contribution in [1.82, 2.24) is 10.2 Å². The van der Waals surface area contributed by atoms with Crippen LogP contribution in [0.1, 0.15) is 33.6 Å². The Morgan fingerprint density at radius 1 is 1.47 bits per heavy atom. The second-order valence-corrected chi connectivity index (χ2v) is 4.71. The second kappa shape index (κ2) is 6.46. The predicted molar refractivity (Wildman–Crippen MR) is 64.2 cm³/mol. The number of nitrogens with zero attached hydrogens (tertiary/aromatic N) is 1. The van der Waals surface area contributed by atoms with Crippen LogP contribution >= 0.6 is 0 Å². The fourth-order valence-corrected chi connectivity index (χ4v) is 2.13. The summed E-state index contributed by atoms with van der Waals surface area (Å²) >= 11 is 0. The number of likely N-dealkylation sites (tertiary alicyclic amines) is 1. The number of hydrogen-bond donors (Lipinski definition) is 1. The highest BCUT2D eigenvalue weighted by atomic mass is 16.5. The first-order valence-corrected chi connectivity index (χ1v) is 6.15. The molecule has 0 aliphatic carbocycles. The summed E-state index contributed by atoms with van der Waals surface area (Å²) < 4.78 is 5.28. The SMILES string of the molecule is COC(C)C(C)NCCN1CCCC1C. The van der Waals surface area contributed by atoms with Crippen molar-refractivity contribution in [2.75, 3.05) is 26.7 Å². The maximum atomic E-state index is 5.28. The average Bonchev–Trinajstić information content (AvgIpc) is 2.63. The van der Waals surface area contributed by atoms with Gasteiger partial charge in [0.2, 0.25) is 0 Å². The fraction of sp³-hybridized carbons (Fsp3) is 1.00. The van der Waals surface area contributed by atoms with Gasteiger partial charge in [0.15, 0.2) is 0 Å². The maximum absolute atomic E-state index is 5.28. The van der Waals surface area contributed by atoms with Crippen molar-refractivity contribution in [1.29, 1.82) is 0 Å². The fourth-order valence-electron chi connectivity index (χ4n) is 2.13. The molecular weight excluding hydrogens is 188 g/mol. The molecule has 1 aliphatic rings. The minimum atomic E-state index is 0.293. The Morgan fingerprint density at radius 3 is 2.73 bits per heavy atom. The standard InChI is InChI=1S/C12H26N2O/c1-10-6-5-8-14(10)9-7-13-11(2)12(3)15-4/h10-13H,5-9H2,1-4H3.